The van der Waals surface area contributed by atoms with Gasteiger partial charge in [0.05, 0.1) is 4.90 Å². The zero-order chi connectivity index (χ0) is 21.7. The van der Waals surface area contributed by atoms with E-state index in [1.807, 2.05) is 0 Å². The van der Waals surface area contributed by atoms with Crippen molar-refractivity contribution in [1.29, 1.82) is 0 Å². The van der Waals surface area contributed by atoms with Crippen LogP contribution in [0.2, 0.25) is 0 Å². The Kier molecular flexibility index (Phi) is 5.97. The van der Waals surface area contributed by atoms with Crippen molar-refractivity contribution < 1.29 is 43.5 Å². The molecule has 2 aromatic carbocycles. The van der Waals surface area contributed by atoms with Crippen LogP contribution >= 0.6 is 31.9 Å². The van der Waals surface area contributed by atoms with E-state index in [0.717, 1.165) is 30.3 Å². The summed E-state index contributed by atoms with van der Waals surface area (Å²) < 4.78 is 129. The lowest BCUT2D eigenvalue weighted by Crippen LogP contribution is -2.56. The fourth-order valence-electron chi connectivity index (χ4n) is 2.13. The number of halogens is 10. The maximum atomic E-state index is 14.0. The van der Waals surface area contributed by atoms with Crippen LogP contribution in [-0.4, -0.2) is 25.8 Å². The Hall–Kier alpha value is -1.21. The van der Waals surface area contributed by atoms with E-state index in [-0.39, 0.29) is 14.5 Å². The van der Waals surface area contributed by atoms with Crippen LogP contribution in [0.3, 0.4) is 0 Å². The fourth-order valence-corrected chi connectivity index (χ4v) is 5.38. The van der Waals surface area contributed by atoms with Gasteiger partial charge in [-0.1, -0.05) is 44.0 Å². The summed E-state index contributed by atoms with van der Waals surface area (Å²) in [5, 5.41) is -6.52. The molecule has 0 spiro atoms. The first-order valence-corrected chi connectivity index (χ1v) is 9.93. The highest BCUT2D eigenvalue weighted by Crippen LogP contribution is 2.52. The van der Waals surface area contributed by atoms with Crippen molar-refractivity contribution in [3.05, 3.63) is 51.2 Å². The summed E-state index contributed by atoms with van der Waals surface area (Å²) in [6, 6.07) is 5.15. The van der Waals surface area contributed by atoms with Gasteiger partial charge in [0.15, 0.2) is 0 Å². The van der Waals surface area contributed by atoms with Gasteiger partial charge in [0, 0.05) is 14.5 Å². The van der Waals surface area contributed by atoms with E-state index in [1.165, 1.54) is 0 Å². The number of alkyl halides is 7. The third-order valence-electron chi connectivity index (χ3n) is 3.50. The minimum Gasteiger partial charge on any atom is -0.217 e. The van der Waals surface area contributed by atoms with Gasteiger partial charge < -0.3 is 0 Å². The molecule has 0 saturated heterocycles. The zero-order valence-corrected chi connectivity index (χ0v) is 17.0. The van der Waals surface area contributed by atoms with Crippen molar-refractivity contribution in [2.75, 3.05) is 0 Å². The molecule has 0 aliphatic heterocycles. The van der Waals surface area contributed by atoms with Gasteiger partial charge in [-0.2, -0.15) is 30.7 Å². The van der Waals surface area contributed by atoms with E-state index in [4.69, 9.17) is 0 Å². The van der Waals surface area contributed by atoms with Crippen LogP contribution in [0.4, 0.5) is 35.1 Å². The van der Waals surface area contributed by atoms with Gasteiger partial charge in [-0.25, -0.2) is 12.8 Å². The Morgan fingerprint density at radius 3 is 1.79 bits per heavy atom. The average molecular weight is 562 g/mol. The Bertz CT molecular complexity index is 1000. The molecule has 0 fully saturated rings. The highest BCUT2D eigenvalue weighted by molar-refractivity contribution is 9.11. The quantitative estimate of drug-likeness (QED) is 0.395. The van der Waals surface area contributed by atoms with Crippen molar-refractivity contribution in [2.24, 2.45) is 0 Å². The normalized spacial score (nSPS) is 13.6. The van der Waals surface area contributed by atoms with E-state index in [0.29, 0.717) is 6.07 Å². The summed E-state index contributed by atoms with van der Waals surface area (Å²) in [5.41, 5.74) is -0.855. The van der Waals surface area contributed by atoms with E-state index < -0.39 is 43.5 Å². The molecular formula is C15H6Br2F8O2S. The fraction of sp³-hybridized carbons (Fsp3) is 0.200. The first-order valence-electron chi connectivity index (χ1n) is 6.86. The van der Waals surface area contributed by atoms with Crippen LogP contribution in [0.25, 0.3) is 11.1 Å². The van der Waals surface area contributed by atoms with Gasteiger partial charge in [-0.3, -0.25) is 0 Å². The highest BCUT2D eigenvalue weighted by Gasteiger charge is 2.78. The molecule has 0 unspecified atom stereocenters. The summed E-state index contributed by atoms with van der Waals surface area (Å²) in [4.78, 5) is -1.51. The molecule has 2 nitrogen and oxygen atoms in total. The minimum absolute atomic E-state index is 0.199. The SMILES string of the molecule is O=S(=O)(c1cc(Br)cc(Br)c1-c1ccc(F)cc1)C(F)(F)C(F)(F)C(F)(F)F. The number of hydrogen-bond acceptors (Lipinski definition) is 2. The molecule has 0 radical (unpaired) electrons. The molecule has 13 heteroatoms. The molecule has 0 aromatic heterocycles. The Labute approximate surface area is 169 Å². The lowest BCUT2D eigenvalue weighted by atomic mass is 10.1. The summed E-state index contributed by atoms with van der Waals surface area (Å²) in [7, 11) is -6.57. The maximum absolute atomic E-state index is 14.0. The van der Waals surface area contributed by atoms with Crippen molar-refractivity contribution in [3.8, 4) is 11.1 Å². The minimum atomic E-state index is -6.87. The van der Waals surface area contributed by atoms with Crippen molar-refractivity contribution >= 4 is 41.7 Å². The first-order chi connectivity index (χ1) is 12.5. The Morgan fingerprint density at radius 1 is 0.821 bits per heavy atom. The van der Waals surface area contributed by atoms with Gasteiger partial charge in [-0.05, 0) is 29.8 Å². The third kappa shape index (κ3) is 3.67. The molecule has 0 aliphatic carbocycles. The average Bonchev–Trinajstić information content (AvgIpc) is 2.54. The summed E-state index contributed by atoms with van der Waals surface area (Å²) in [5.74, 6) is -7.65. The third-order valence-corrected chi connectivity index (χ3v) is 6.42. The molecule has 0 aliphatic rings. The molecule has 28 heavy (non-hydrogen) atoms. The molecule has 2 aromatic rings. The van der Waals surface area contributed by atoms with Gasteiger partial charge in [-0.15, -0.1) is 0 Å². The second-order valence-corrected chi connectivity index (χ2v) is 9.09. The van der Waals surface area contributed by atoms with Gasteiger partial charge >= 0.3 is 17.4 Å². The predicted octanol–water partition coefficient (Wildman–Crippen LogP) is 6.58. The van der Waals surface area contributed by atoms with Gasteiger partial charge in [0.2, 0.25) is 0 Å². The van der Waals surface area contributed by atoms with Crippen molar-refractivity contribution in [1.82, 2.24) is 0 Å². The summed E-state index contributed by atoms with van der Waals surface area (Å²) >= 11 is 5.63. The Balaban J connectivity index is 2.85. The van der Waals surface area contributed by atoms with Gasteiger partial charge in [0.1, 0.15) is 5.82 Å². The molecule has 0 atom stereocenters. The van der Waals surface area contributed by atoms with Crippen LogP contribution in [-0.2, 0) is 9.84 Å². The molecule has 0 N–H and O–H groups in total. The molecule has 154 valence electrons. The van der Waals surface area contributed by atoms with E-state index >= 15 is 0 Å². The van der Waals surface area contributed by atoms with E-state index in [9.17, 15) is 43.5 Å². The molecule has 2 rings (SSSR count). The molecular weight excluding hydrogens is 556 g/mol. The lowest BCUT2D eigenvalue weighted by molar-refractivity contribution is -0.332. The molecule has 0 amide bonds. The number of rotatable bonds is 4. The topological polar surface area (TPSA) is 34.1 Å². The second kappa shape index (κ2) is 7.24. The molecule has 0 saturated carbocycles. The van der Waals surface area contributed by atoms with Crippen LogP contribution in [0.5, 0.6) is 0 Å². The summed E-state index contributed by atoms with van der Waals surface area (Å²) in [6.45, 7) is 0. The van der Waals surface area contributed by atoms with Crippen LogP contribution in [0.1, 0.15) is 0 Å². The van der Waals surface area contributed by atoms with Crippen LogP contribution in [0, 0.1) is 5.82 Å². The standard InChI is InChI=1S/C15H6Br2F8O2S/c16-8-5-10(17)12(7-1-3-9(18)4-2-7)11(6-8)28(26,27)15(24,25)13(19,20)14(21,22)23/h1-6H. The van der Waals surface area contributed by atoms with Crippen molar-refractivity contribution in [3.63, 3.8) is 0 Å². The van der Waals surface area contributed by atoms with Crippen LogP contribution in [0.15, 0.2) is 50.2 Å². The highest BCUT2D eigenvalue weighted by atomic mass is 79.9. The van der Waals surface area contributed by atoms with E-state index in [1.54, 1.807) is 0 Å². The second-order valence-electron chi connectivity index (χ2n) is 5.36. The monoisotopic (exact) mass is 560 g/mol. The Morgan fingerprint density at radius 2 is 1.32 bits per heavy atom. The number of sulfone groups is 1. The molecule has 0 heterocycles. The zero-order valence-electron chi connectivity index (χ0n) is 13.0. The first kappa shape index (κ1) is 23.1. The molecule has 0 bridgehead atoms. The maximum Gasteiger partial charge on any atom is 0.461 e. The van der Waals surface area contributed by atoms with Crippen molar-refractivity contribution in [2.45, 2.75) is 22.2 Å². The smallest absolute Gasteiger partial charge is 0.217 e. The largest absolute Gasteiger partial charge is 0.461 e. The number of benzene rings is 2. The van der Waals surface area contributed by atoms with Gasteiger partial charge in [0.25, 0.3) is 9.84 Å². The summed E-state index contributed by atoms with van der Waals surface area (Å²) in [6.07, 6.45) is -6.83. The van der Waals surface area contributed by atoms with E-state index in [2.05, 4.69) is 31.9 Å². The predicted molar refractivity (Wildman–Crippen MR) is 90.4 cm³/mol. The van der Waals surface area contributed by atoms with Crippen LogP contribution < -0.4 is 0 Å². The lowest BCUT2D eigenvalue weighted by Gasteiger charge is -2.28. The number of hydrogen-bond donors (Lipinski definition) is 0.